The van der Waals surface area contributed by atoms with Crippen molar-refractivity contribution in [3.63, 3.8) is 0 Å². The van der Waals surface area contributed by atoms with E-state index in [1.165, 1.54) is 11.1 Å². The molecule has 0 heterocycles. The van der Waals surface area contributed by atoms with Gasteiger partial charge in [-0.25, -0.2) is 8.42 Å². The molecule has 0 fully saturated rings. The second-order valence-electron chi connectivity index (χ2n) is 7.69. The Morgan fingerprint density at radius 3 is 2.24 bits per heavy atom. The first-order valence-corrected chi connectivity index (χ1v) is 13.9. The predicted octanol–water partition coefficient (Wildman–Crippen LogP) is 5.31. The maximum absolute atomic E-state index is 13.4. The molecule has 0 saturated heterocycles. The summed E-state index contributed by atoms with van der Waals surface area (Å²) in [6, 6.07) is 21.9. The van der Waals surface area contributed by atoms with Gasteiger partial charge in [0, 0.05) is 22.5 Å². The van der Waals surface area contributed by atoms with Crippen molar-refractivity contribution < 1.29 is 13.2 Å². The van der Waals surface area contributed by atoms with Crippen LogP contribution in [0.25, 0.3) is 0 Å². The molecule has 0 aliphatic rings. The van der Waals surface area contributed by atoms with E-state index in [9.17, 15) is 13.2 Å². The number of sulfonamides is 1. The van der Waals surface area contributed by atoms with E-state index in [-0.39, 0.29) is 17.3 Å². The highest BCUT2D eigenvalue weighted by atomic mass is 79.9. The molecule has 174 valence electrons. The zero-order valence-corrected chi connectivity index (χ0v) is 21.8. The predicted molar refractivity (Wildman–Crippen MR) is 140 cm³/mol. The first-order valence-electron chi connectivity index (χ1n) is 10.5. The van der Waals surface area contributed by atoms with E-state index >= 15 is 0 Å². The Kier molecular flexibility index (Phi) is 9.00. The topological polar surface area (TPSA) is 66.5 Å². The van der Waals surface area contributed by atoms with Crippen LogP contribution in [0.3, 0.4) is 0 Å². The first-order chi connectivity index (χ1) is 15.8. The van der Waals surface area contributed by atoms with Gasteiger partial charge in [0.15, 0.2) is 0 Å². The number of benzene rings is 3. The van der Waals surface area contributed by atoms with Gasteiger partial charge in [-0.05, 0) is 49.7 Å². The van der Waals surface area contributed by atoms with Gasteiger partial charge in [0.1, 0.15) is 6.54 Å². The molecule has 1 amide bonds. The highest BCUT2D eigenvalue weighted by Crippen LogP contribution is 2.26. The van der Waals surface area contributed by atoms with Crippen LogP contribution in [0.2, 0.25) is 0 Å². The summed E-state index contributed by atoms with van der Waals surface area (Å²) in [5.41, 5.74) is 3.85. The van der Waals surface area contributed by atoms with E-state index in [0.29, 0.717) is 12.2 Å². The van der Waals surface area contributed by atoms with Crippen molar-refractivity contribution in [2.24, 2.45) is 0 Å². The van der Waals surface area contributed by atoms with Gasteiger partial charge in [-0.15, -0.1) is 0 Å². The third-order valence-electron chi connectivity index (χ3n) is 4.95. The third-order valence-corrected chi connectivity index (χ3v) is 8.26. The summed E-state index contributed by atoms with van der Waals surface area (Å²) in [5, 5.41) is 2.85. The molecule has 0 aliphatic heterocycles. The van der Waals surface area contributed by atoms with Crippen molar-refractivity contribution >= 4 is 49.3 Å². The number of nitrogens with one attached hydrogen (secondary N) is 1. The number of rotatable bonds is 10. The Hall–Kier alpha value is -2.29. The van der Waals surface area contributed by atoms with Crippen molar-refractivity contribution in [3.05, 3.63) is 94.0 Å². The molecule has 0 aromatic heterocycles. The van der Waals surface area contributed by atoms with Crippen molar-refractivity contribution in [1.29, 1.82) is 0 Å². The Bertz CT molecular complexity index is 1180. The minimum atomic E-state index is -3.91. The molecule has 0 saturated carbocycles. The van der Waals surface area contributed by atoms with E-state index in [1.54, 1.807) is 54.2 Å². The number of aryl methyl sites for hydroxylation is 2. The molecular weight excluding hydrogens is 520 g/mol. The fourth-order valence-corrected chi connectivity index (χ4v) is 5.73. The van der Waals surface area contributed by atoms with Crippen LogP contribution in [-0.4, -0.2) is 33.2 Å². The Balaban J connectivity index is 1.64. The molecule has 0 bridgehead atoms. The lowest BCUT2D eigenvalue weighted by molar-refractivity contribution is -0.119. The smallest absolute Gasteiger partial charge is 0.264 e. The molecule has 33 heavy (non-hydrogen) atoms. The monoisotopic (exact) mass is 546 g/mol. The second kappa shape index (κ2) is 11.7. The quantitative estimate of drug-likeness (QED) is 0.350. The number of anilines is 1. The first kappa shape index (κ1) is 25.3. The van der Waals surface area contributed by atoms with E-state index in [0.717, 1.165) is 25.8 Å². The molecule has 3 aromatic rings. The van der Waals surface area contributed by atoms with Crippen molar-refractivity contribution in [2.75, 3.05) is 23.1 Å². The Morgan fingerprint density at radius 1 is 0.970 bits per heavy atom. The summed E-state index contributed by atoms with van der Waals surface area (Å²) in [4.78, 5) is 12.8. The number of hydrogen-bond acceptors (Lipinski definition) is 4. The molecule has 1 N–H and O–H groups in total. The third kappa shape index (κ3) is 7.35. The SMILES string of the molecule is Cc1ccc(CSCCNC(=O)CN(c2cccc(Br)c2)S(=O)(=O)c2ccc(C)cc2)cc1. The molecule has 0 spiro atoms. The molecule has 3 rings (SSSR count). The minimum Gasteiger partial charge on any atom is -0.354 e. The van der Waals surface area contributed by atoms with Crippen LogP contribution in [0.15, 0.2) is 82.2 Å². The normalized spacial score (nSPS) is 11.2. The summed E-state index contributed by atoms with van der Waals surface area (Å²) in [6.07, 6.45) is 0. The Morgan fingerprint density at radius 2 is 1.61 bits per heavy atom. The molecule has 0 unspecified atom stereocenters. The lowest BCUT2D eigenvalue weighted by Gasteiger charge is -2.24. The van der Waals surface area contributed by atoms with Gasteiger partial charge in [0.25, 0.3) is 10.0 Å². The van der Waals surface area contributed by atoms with Gasteiger partial charge in [0.2, 0.25) is 5.91 Å². The summed E-state index contributed by atoms with van der Waals surface area (Å²) in [5.74, 6) is 1.25. The number of hydrogen-bond donors (Lipinski definition) is 1. The standard InChI is InChI=1S/C25H27BrN2O3S2/c1-19-6-10-21(11-7-19)18-32-15-14-27-25(29)17-28(23-5-3-4-22(26)16-23)33(30,31)24-12-8-20(2)9-13-24/h3-13,16H,14-15,17-18H2,1-2H3,(H,27,29). The largest absolute Gasteiger partial charge is 0.354 e. The number of nitrogens with zero attached hydrogens (tertiary/aromatic N) is 1. The van der Waals surface area contributed by atoms with E-state index < -0.39 is 10.0 Å². The number of carbonyl (C=O) groups excluding carboxylic acids is 1. The molecular formula is C25H27BrN2O3S2. The molecule has 8 heteroatoms. The van der Waals surface area contributed by atoms with Crippen LogP contribution in [0.1, 0.15) is 16.7 Å². The fourth-order valence-electron chi connectivity index (χ4n) is 3.11. The van der Waals surface area contributed by atoms with Crippen LogP contribution < -0.4 is 9.62 Å². The van der Waals surface area contributed by atoms with Gasteiger partial charge in [-0.2, -0.15) is 11.8 Å². The Labute approximate surface area is 208 Å². The summed E-state index contributed by atoms with van der Waals surface area (Å²) >= 11 is 5.11. The van der Waals surface area contributed by atoms with Crippen LogP contribution in [0.5, 0.6) is 0 Å². The highest BCUT2D eigenvalue weighted by Gasteiger charge is 2.27. The van der Waals surface area contributed by atoms with Gasteiger partial charge < -0.3 is 5.32 Å². The summed E-state index contributed by atoms with van der Waals surface area (Å²) in [6.45, 7) is 4.12. The van der Waals surface area contributed by atoms with Gasteiger partial charge in [-0.1, -0.05) is 69.5 Å². The molecule has 3 aromatic carbocycles. The summed E-state index contributed by atoms with van der Waals surface area (Å²) < 4.78 is 28.6. The maximum atomic E-state index is 13.4. The van der Waals surface area contributed by atoms with Gasteiger partial charge in [-0.3, -0.25) is 9.10 Å². The molecule has 0 radical (unpaired) electrons. The van der Waals surface area contributed by atoms with Gasteiger partial charge >= 0.3 is 0 Å². The minimum absolute atomic E-state index is 0.148. The maximum Gasteiger partial charge on any atom is 0.264 e. The highest BCUT2D eigenvalue weighted by molar-refractivity contribution is 9.10. The number of halogens is 1. The van der Waals surface area contributed by atoms with Crippen LogP contribution in [0, 0.1) is 13.8 Å². The molecule has 0 atom stereocenters. The fraction of sp³-hybridized carbons (Fsp3) is 0.240. The van der Waals surface area contributed by atoms with E-state index in [2.05, 4.69) is 52.4 Å². The summed E-state index contributed by atoms with van der Waals surface area (Å²) in [7, 11) is -3.91. The zero-order chi connectivity index (χ0) is 23.8. The lowest BCUT2D eigenvalue weighted by atomic mass is 10.2. The van der Waals surface area contributed by atoms with Gasteiger partial charge in [0.05, 0.1) is 10.6 Å². The van der Waals surface area contributed by atoms with E-state index in [1.807, 2.05) is 13.0 Å². The second-order valence-corrected chi connectivity index (χ2v) is 11.6. The molecule has 0 aliphatic carbocycles. The van der Waals surface area contributed by atoms with Crippen molar-refractivity contribution in [3.8, 4) is 0 Å². The average Bonchev–Trinajstić information content (AvgIpc) is 2.78. The number of amides is 1. The molecule has 5 nitrogen and oxygen atoms in total. The zero-order valence-electron chi connectivity index (χ0n) is 18.6. The lowest BCUT2D eigenvalue weighted by Crippen LogP contribution is -2.41. The average molecular weight is 548 g/mol. The van der Waals surface area contributed by atoms with Crippen LogP contribution in [-0.2, 0) is 20.6 Å². The number of thioether (sulfide) groups is 1. The van der Waals surface area contributed by atoms with Crippen LogP contribution in [0.4, 0.5) is 5.69 Å². The number of carbonyl (C=O) groups is 1. The van der Waals surface area contributed by atoms with Crippen molar-refractivity contribution in [2.45, 2.75) is 24.5 Å². The van der Waals surface area contributed by atoms with Crippen LogP contribution >= 0.6 is 27.7 Å². The van der Waals surface area contributed by atoms with Crippen molar-refractivity contribution in [1.82, 2.24) is 5.32 Å². The van der Waals surface area contributed by atoms with E-state index in [4.69, 9.17) is 0 Å².